The number of nitrogens with zero attached hydrogens (tertiary/aromatic N) is 1. The van der Waals surface area contributed by atoms with Gasteiger partial charge in [0.2, 0.25) is 0 Å². The number of hydrogen-bond donors (Lipinski definition) is 1. The monoisotopic (exact) mass is 489 g/mol. The lowest BCUT2D eigenvalue weighted by Gasteiger charge is -2.09. The summed E-state index contributed by atoms with van der Waals surface area (Å²) >= 11 is 3.35. The van der Waals surface area contributed by atoms with Gasteiger partial charge in [-0.2, -0.15) is 0 Å². The maximum absolute atomic E-state index is 10.6. The average Bonchev–Trinajstić information content (AvgIpc) is 2.80. The van der Waals surface area contributed by atoms with Gasteiger partial charge < -0.3 is 14.0 Å². The first-order valence-electron chi connectivity index (χ1n) is 9.81. The zero-order valence-electron chi connectivity index (χ0n) is 19.0. The number of pyridine rings is 1. The number of hydrogen-bond acceptors (Lipinski definition) is 4. The molecule has 0 bridgehead atoms. The second kappa shape index (κ2) is 14.9. The number of fused-ring (bicyclic) bond motifs is 1. The van der Waals surface area contributed by atoms with E-state index in [1.54, 1.807) is 31.3 Å². The molecule has 1 atom stereocenters. The molecule has 0 fully saturated rings. The largest absolute Gasteiger partial charge is 0.755 e. The number of alkyl halides is 1. The van der Waals surface area contributed by atoms with Crippen LogP contribution in [0.25, 0.3) is 10.9 Å². The van der Waals surface area contributed by atoms with Gasteiger partial charge in [0.05, 0.1) is 18.9 Å². The van der Waals surface area contributed by atoms with Gasteiger partial charge in [-0.05, 0) is 68.3 Å². The molecule has 0 spiro atoms. The number of benzene rings is 2. The molecule has 1 heterocycles. The Labute approximate surface area is 202 Å². The number of allylic oxidation sites excluding steroid dienone is 3. The summed E-state index contributed by atoms with van der Waals surface area (Å²) in [6.45, 7) is 9.62. The molecule has 0 aliphatic rings. The predicted molar refractivity (Wildman–Crippen MR) is 134 cm³/mol. The standard InChI is InChI=1S/C16H16N2O3S.C8H9Cl.CH3F/c1-3-14(18-22(19)20)9-8-12(2)21-15-10-13-6-4-5-7-16(13)17-11-15;1-6-3-4-8(9)5-7(6)2;1-2/h3-11,18H,2H2,1H3,(H,19,20);3-5H,1-2H3;1H3/p-1/b9-8-,14-3+;;. The molecule has 176 valence electrons. The molecule has 1 N–H and O–H groups in total. The van der Waals surface area contributed by atoms with Crippen LogP contribution in [0.4, 0.5) is 4.39 Å². The van der Waals surface area contributed by atoms with Gasteiger partial charge in [-0.3, -0.25) is 13.6 Å². The lowest BCUT2D eigenvalue weighted by atomic mass is 10.1. The Morgan fingerprint density at radius 2 is 1.85 bits per heavy atom. The lowest BCUT2D eigenvalue weighted by Crippen LogP contribution is -2.14. The van der Waals surface area contributed by atoms with Crippen molar-refractivity contribution in [2.24, 2.45) is 0 Å². The van der Waals surface area contributed by atoms with Crippen LogP contribution in [-0.4, -0.2) is 20.9 Å². The smallest absolute Gasteiger partial charge is 0.146 e. The van der Waals surface area contributed by atoms with Gasteiger partial charge in [0.15, 0.2) is 0 Å². The number of nitrogens with one attached hydrogen (secondary N) is 1. The number of halogens is 2. The highest BCUT2D eigenvalue weighted by molar-refractivity contribution is 7.77. The van der Waals surface area contributed by atoms with Crippen LogP contribution in [0.3, 0.4) is 0 Å². The maximum atomic E-state index is 10.6. The fraction of sp³-hybridized carbons (Fsp3) is 0.160. The minimum Gasteiger partial charge on any atom is -0.755 e. The van der Waals surface area contributed by atoms with E-state index in [4.69, 9.17) is 16.3 Å². The minimum atomic E-state index is -2.36. The Morgan fingerprint density at radius 3 is 2.45 bits per heavy atom. The van der Waals surface area contributed by atoms with Crippen molar-refractivity contribution in [3.05, 3.63) is 107 Å². The average molecular weight is 490 g/mol. The van der Waals surface area contributed by atoms with Crippen LogP contribution in [0, 0.1) is 13.8 Å². The van der Waals surface area contributed by atoms with Crippen molar-refractivity contribution in [3.63, 3.8) is 0 Å². The maximum Gasteiger partial charge on any atom is 0.146 e. The van der Waals surface area contributed by atoms with Gasteiger partial charge in [0.25, 0.3) is 0 Å². The molecule has 8 heteroatoms. The van der Waals surface area contributed by atoms with Crippen LogP contribution in [-0.2, 0) is 11.3 Å². The fourth-order valence-electron chi connectivity index (χ4n) is 2.47. The van der Waals surface area contributed by atoms with E-state index in [9.17, 15) is 13.2 Å². The second-order valence-electron chi connectivity index (χ2n) is 6.57. The van der Waals surface area contributed by atoms with Crippen LogP contribution < -0.4 is 9.46 Å². The Hall–Kier alpha value is -3.00. The highest BCUT2D eigenvalue weighted by Crippen LogP contribution is 2.19. The molecule has 5 nitrogen and oxygen atoms in total. The molecule has 0 saturated heterocycles. The van der Waals surface area contributed by atoms with E-state index in [0.717, 1.165) is 15.9 Å². The van der Waals surface area contributed by atoms with Crippen LogP contribution in [0.2, 0.25) is 5.02 Å². The van der Waals surface area contributed by atoms with E-state index < -0.39 is 11.3 Å². The zero-order chi connectivity index (χ0) is 24.8. The first kappa shape index (κ1) is 28.0. The van der Waals surface area contributed by atoms with Crippen molar-refractivity contribution in [2.45, 2.75) is 20.8 Å². The Kier molecular flexibility index (Phi) is 12.7. The molecule has 1 aromatic heterocycles. The molecule has 0 aliphatic heterocycles. The first-order chi connectivity index (χ1) is 15.8. The molecule has 0 saturated carbocycles. The quantitative estimate of drug-likeness (QED) is 0.243. The summed E-state index contributed by atoms with van der Waals surface area (Å²) in [5.74, 6) is 0.936. The van der Waals surface area contributed by atoms with Crippen molar-refractivity contribution in [1.29, 1.82) is 0 Å². The van der Waals surface area contributed by atoms with Gasteiger partial charge in [-0.15, -0.1) is 0 Å². The molecular weight excluding hydrogens is 463 g/mol. The summed E-state index contributed by atoms with van der Waals surface area (Å²) < 4.78 is 38.5. The third kappa shape index (κ3) is 10.4. The Bertz CT molecular complexity index is 1150. The van der Waals surface area contributed by atoms with Gasteiger partial charge in [-0.25, -0.2) is 0 Å². The number of para-hydroxylation sites is 1. The summed E-state index contributed by atoms with van der Waals surface area (Å²) in [6.07, 6.45) is 6.37. The lowest BCUT2D eigenvalue weighted by molar-refractivity contribution is 0.445. The fourth-order valence-corrected chi connectivity index (χ4v) is 3.07. The van der Waals surface area contributed by atoms with Gasteiger partial charge in [0, 0.05) is 27.4 Å². The van der Waals surface area contributed by atoms with E-state index >= 15 is 0 Å². The number of aromatic nitrogens is 1. The van der Waals surface area contributed by atoms with Crippen LogP contribution in [0.15, 0.2) is 91.0 Å². The Balaban J connectivity index is 0.000000412. The Morgan fingerprint density at radius 1 is 1.15 bits per heavy atom. The molecule has 2 aromatic carbocycles. The normalized spacial score (nSPS) is 11.7. The SMILES string of the molecule is C=C(/C=C\C(=C/C)NS(=O)[O-])Oc1cnc2ccccc2c1.CF.Cc1ccc(Cl)cc1C. The zero-order valence-corrected chi connectivity index (χ0v) is 20.5. The third-order valence-corrected chi connectivity index (χ3v) is 4.88. The molecule has 1 unspecified atom stereocenters. The van der Waals surface area contributed by atoms with Gasteiger partial charge >= 0.3 is 0 Å². The summed E-state index contributed by atoms with van der Waals surface area (Å²) in [5, 5.41) is 1.78. The molecule has 3 rings (SSSR count). The van der Waals surface area contributed by atoms with Crippen molar-refractivity contribution >= 4 is 33.8 Å². The van der Waals surface area contributed by atoms with E-state index in [0.29, 0.717) is 24.4 Å². The third-order valence-electron chi connectivity index (χ3n) is 4.24. The summed E-state index contributed by atoms with van der Waals surface area (Å²) in [4.78, 5) is 4.29. The van der Waals surface area contributed by atoms with E-state index in [1.165, 1.54) is 11.1 Å². The molecule has 0 aliphatic carbocycles. The van der Waals surface area contributed by atoms with E-state index in [2.05, 4.69) is 30.1 Å². The molecule has 33 heavy (non-hydrogen) atoms. The molecule has 0 radical (unpaired) electrons. The topological polar surface area (TPSA) is 74.3 Å². The molecule has 3 aromatic rings. The van der Waals surface area contributed by atoms with Crippen molar-refractivity contribution < 1.29 is 17.9 Å². The number of ether oxygens (including phenoxy) is 1. The summed E-state index contributed by atoms with van der Waals surface area (Å²) in [7, 11) is 0.500. The van der Waals surface area contributed by atoms with E-state index in [-0.39, 0.29) is 0 Å². The molecule has 0 amide bonds. The summed E-state index contributed by atoms with van der Waals surface area (Å²) in [6, 6.07) is 15.5. The second-order valence-corrected chi connectivity index (χ2v) is 7.68. The first-order valence-corrected chi connectivity index (χ1v) is 11.3. The van der Waals surface area contributed by atoms with E-state index in [1.807, 2.05) is 48.5 Å². The van der Waals surface area contributed by atoms with Gasteiger partial charge in [0.1, 0.15) is 11.5 Å². The molecular formula is C25H27ClFN2O3S-. The van der Waals surface area contributed by atoms with Crippen LogP contribution in [0.1, 0.15) is 18.1 Å². The number of rotatable bonds is 6. The minimum absolute atomic E-state index is 0.370. The highest BCUT2D eigenvalue weighted by Gasteiger charge is 2.00. The van der Waals surface area contributed by atoms with Crippen LogP contribution in [0.5, 0.6) is 5.75 Å². The van der Waals surface area contributed by atoms with Crippen molar-refractivity contribution in [2.75, 3.05) is 7.18 Å². The van der Waals surface area contributed by atoms with Crippen LogP contribution >= 0.6 is 11.6 Å². The number of aryl methyl sites for hydroxylation is 2. The summed E-state index contributed by atoms with van der Waals surface area (Å²) in [5.41, 5.74) is 3.85. The predicted octanol–water partition coefficient (Wildman–Crippen LogP) is 6.51. The van der Waals surface area contributed by atoms with Crippen molar-refractivity contribution in [1.82, 2.24) is 9.71 Å². The highest BCUT2D eigenvalue weighted by atomic mass is 35.5. The van der Waals surface area contributed by atoms with Crippen molar-refractivity contribution in [3.8, 4) is 5.75 Å². The van der Waals surface area contributed by atoms with Gasteiger partial charge in [-0.1, -0.05) is 48.5 Å².